The minimum absolute atomic E-state index is 0.548. The number of allylic oxidation sites excluding steroid dienone is 1. The fraction of sp³-hybridized carbons (Fsp3) is 0.429. The predicted molar refractivity (Wildman–Crippen MR) is 71.1 cm³/mol. The number of alkyl halides is 1. The Kier molecular flexibility index (Phi) is 6.02. The van der Waals surface area contributed by atoms with Crippen molar-refractivity contribution >= 4 is 17.7 Å². The second-order valence-electron chi connectivity index (χ2n) is 4.16. The average molecular weight is 239 g/mol. The standard InChI is InChI=1S/C14H19ClO/c1-12(2)9-11-16-14-7-5-13(6-8-14)4-3-10-15/h3-8,12H,9-11H2,1-2H3. The molecule has 0 unspecified atom stereocenters. The van der Waals surface area contributed by atoms with Crippen LogP contribution in [0.15, 0.2) is 30.3 Å². The van der Waals surface area contributed by atoms with Gasteiger partial charge >= 0.3 is 0 Å². The minimum Gasteiger partial charge on any atom is -0.494 e. The Labute approximate surface area is 103 Å². The molecule has 0 atom stereocenters. The Morgan fingerprint density at radius 2 is 1.94 bits per heavy atom. The molecular formula is C14H19ClO. The summed E-state index contributed by atoms with van der Waals surface area (Å²) in [4.78, 5) is 0. The summed E-state index contributed by atoms with van der Waals surface area (Å²) in [6.07, 6.45) is 5.02. The highest BCUT2D eigenvalue weighted by atomic mass is 35.5. The lowest BCUT2D eigenvalue weighted by Crippen LogP contribution is -2.01. The lowest BCUT2D eigenvalue weighted by atomic mass is 10.1. The van der Waals surface area contributed by atoms with Crippen LogP contribution in [-0.2, 0) is 0 Å². The Balaban J connectivity index is 2.42. The van der Waals surface area contributed by atoms with E-state index < -0.39 is 0 Å². The van der Waals surface area contributed by atoms with E-state index in [0.29, 0.717) is 11.8 Å². The predicted octanol–water partition coefficient (Wildman–Crippen LogP) is 4.36. The second-order valence-corrected chi connectivity index (χ2v) is 4.47. The van der Waals surface area contributed by atoms with Crippen molar-refractivity contribution in [1.82, 2.24) is 0 Å². The molecule has 0 aliphatic heterocycles. The maximum absolute atomic E-state index is 5.63. The molecule has 2 heteroatoms. The monoisotopic (exact) mass is 238 g/mol. The van der Waals surface area contributed by atoms with E-state index >= 15 is 0 Å². The van der Waals surface area contributed by atoms with E-state index in [1.807, 2.05) is 36.4 Å². The fourth-order valence-corrected chi connectivity index (χ4v) is 1.36. The van der Waals surface area contributed by atoms with E-state index in [9.17, 15) is 0 Å². The number of ether oxygens (including phenoxy) is 1. The molecule has 0 aromatic heterocycles. The molecule has 0 bridgehead atoms. The van der Waals surface area contributed by atoms with Gasteiger partial charge in [-0.1, -0.05) is 38.1 Å². The molecule has 0 heterocycles. The largest absolute Gasteiger partial charge is 0.494 e. The summed E-state index contributed by atoms with van der Waals surface area (Å²) in [6, 6.07) is 8.06. The van der Waals surface area contributed by atoms with Crippen molar-refractivity contribution in [3.05, 3.63) is 35.9 Å². The van der Waals surface area contributed by atoms with Gasteiger partial charge in [0.1, 0.15) is 5.75 Å². The second kappa shape index (κ2) is 7.34. The van der Waals surface area contributed by atoms with Crippen molar-refractivity contribution in [2.75, 3.05) is 12.5 Å². The minimum atomic E-state index is 0.548. The number of hydrogen-bond donors (Lipinski definition) is 0. The summed E-state index contributed by atoms with van der Waals surface area (Å²) < 4.78 is 5.63. The molecule has 0 saturated heterocycles. The van der Waals surface area contributed by atoms with Gasteiger partial charge in [0.05, 0.1) is 6.61 Å². The molecule has 0 saturated carbocycles. The zero-order chi connectivity index (χ0) is 11.8. The van der Waals surface area contributed by atoms with Crippen LogP contribution in [0, 0.1) is 5.92 Å². The number of benzene rings is 1. The maximum atomic E-state index is 5.63. The number of rotatable bonds is 6. The van der Waals surface area contributed by atoms with Crippen molar-refractivity contribution in [2.24, 2.45) is 5.92 Å². The first-order valence-corrected chi connectivity index (χ1v) is 6.21. The van der Waals surface area contributed by atoms with E-state index in [4.69, 9.17) is 16.3 Å². The molecule has 88 valence electrons. The van der Waals surface area contributed by atoms with Gasteiger partial charge in [0, 0.05) is 5.88 Å². The van der Waals surface area contributed by atoms with Crippen LogP contribution < -0.4 is 4.74 Å². The first-order chi connectivity index (χ1) is 7.72. The first-order valence-electron chi connectivity index (χ1n) is 5.67. The lowest BCUT2D eigenvalue weighted by molar-refractivity contribution is 0.289. The summed E-state index contributed by atoms with van der Waals surface area (Å²) in [6.45, 7) is 5.18. The van der Waals surface area contributed by atoms with Crippen LogP contribution in [0.2, 0.25) is 0 Å². The van der Waals surface area contributed by atoms with Gasteiger partial charge in [0.25, 0.3) is 0 Å². The van der Waals surface area contributed by atoms with E-state index in [2.05, 4.69) is 13.8 Å². The van der Waals surface area contributed by atoms with Crippen molar-refractivity contribution < 1.29 is 4.74 Å². The van der Waals surface area contributed by atoms with E-state index in [-0.39, 0.29) is 0 Å². The van der Waals surface area contributed by atoms with Gasteiger partial charge < -0.3 is 4.74 Å². The number of halogens is 1. The van der Waals surface area contributed by atoms with Crippen LogP contribution in [0.25, 0.3) is 6.08 Å². The zero-order valence-corrected chi connectivity index (χ0v) is 10.7. The quantitative estimate of drug-likeness (QED) is 0.669. The Bertz CT molecular complexity index is 314. The Hall–Kier alpha value is -0.950. The molecular weight excluding hydrogens is 220 g/mol. The van der Waals surface area contributed by atoms with Crippen LogP contribution in [-0.4, -0.2) is 12.5 Å². The van der Waals surface area contributed by atoms with Gasteiger partial charge in [-0.25, -0.2) is 0 Å². The zero-order valence-electron chi connectivity index (χ0n) is 9.95. The normalized spacial score (nSPS) is 11.2. The molecule has 16 heavy (non-hydrogen) atoms. The Morgan fingerprint density at radius 1 is 1.25 bits per heavy atom. The van der Waals surface area contributed by atoms with Crippen molar-refractivity contribution in [1.29, 1.82) is 0 Å². The topological polar surface area (TPSA) is 9.23 Å². The molecule has 1 nitrogen and oxygen atoms in total. The summed E-state index contributed by atoms with van der Waals surface area (Å²) in [7, 11) is 0. The van der Waals surface area contributed by atoms with Gasteiger partial charge in [-0.3, -0.25) is 0 Å². The average Bonchev–Trinajstić information content (AvgIpc) is 2.27. The molecule has 0 spiro atoms. The molecule has 0 amide bonds. The first kappa shape index (κ1) is 13.1. The summed E-state index contributed by atoms with van der Waals surface area (Å²) >= 11 is 5.57. The smallest absolute Gasteiger partial charge is 0.119 e. The van der Waals surface area contributed by atoms with Crippen LogP contribution in [0.3, 0.4) is 0 Å². The molecule has 1 aromatic carbocycles. The van der Waals surface area contributed by atoms with Crippen LogP contribution >= 0.6 is 11.6 Å². The lowest BCUT2D eigenvalue weighted by Gasteiger charge is -2.07. The van der Waals surface area contributed by atoms with E-state index in [1.54, 1.807) is 0 Å². The van der Waals surface area contributed by atoms with Crippen molar-refractivity contribution in [3.8, 4) is 5.75 Å². The third-order valence-corrected chi connectivity index (χ3v) is 2.42. The summed E-state index contributed by atoms with van der Waals surface area (Å²) in [5.41, 5.74) is 1.15. The number of hydrogen-bond acceptors (Lipinski definition) is 1. The third kappa shape index (κ3) is 5.22. The summed E-state index contributed by atoms with van der Waals surface area (Å²) in [5, 5.41) is 0. The third-order valence-electron chi connectivity index (χ3n) is 2.24. The highest BCUT2D eigenvalue weighted by Crippen LogP contribution is 2.14. The van der Waals surface area contributed by atoms with Gasteiger partial charge in [-0.15, -0.1) is 11.6 Å². The molecule has 0 N–H and O–H groups in total. The van der Waals surface area contributed by atoms with Gasteiger partial charge in [-0.2, -0.15) is 0 Å². The van der Waals surface area contributed by atoms with Crippen LogP contribution in [0.1, 0.15) is 25.8 Å². The van der Waals surface area contributed by atoms with Gasteiger partial charge in [0.15, 0.2) is 0 Å². The van der Waals surface area contributed by atoms with Crippen molar-refractivity contribution in [2.45, 2.75) is 20.3 Å². The maximum Gasteiger partial charge on any atom is 0.119 e. The summed E-state index contributed by atoms with van der Waals surface area (Å²) in [5.74, 6) is 2.17. The molecule has 0 radical (unpaired) electrons. The highest BCUT2D eigenvalue weighted by Gasteiger charge is 1.96. The van der Waals surface area contributed by atoms with E-state index in [1.165, 1.54) is 0 Å². The van der Waals surface area contributed by atoms with Gasteiger partial charge in [-0.05, 0) is 30.0 Å². The van der Waals surface area contributed by atoms with Gasteiger partial charge in [0.2, 0.25) is 0 Å². The van der Waals surface area contributed by atoms with E-state index in [0.717, 1.165) is 24.3 Å². The highest BCUT2D eigenvalue weighted by molar-refractivity contribution is 6.19. The fourth-order valence-electron chi connectivity index (χ4n) is 1.27. The molecule has 1 aromatic rings. The SMILES string of the molecule is CC(C)CCOc1ccc(C=CCCl)cc1. The molecule has 1 rings (SSSR count). The molecule has 0 fully saturated rings. The van der Waals surface area contributed by atoms with Crippen LogP contribution in [0.5, 0.6) is 5.75 Å². The van der Waals surface area contributed by atoms with Crippen molar-refractivity contribution in [3.63, 3.8) is 0 Å². The molecule has 0 aliphatic rings. The Morgan fingerprint density at radius 3 is 2.50 bits per heavy atom. The molecule has 0 aliphatic carbocycles. The van der Waals surface area contributed by atoms with Crippen LogP contribution in [0.4, 0.5) is 0 Å².